The number of amides is 1. The maximum Gasteiger partial charge on any atom is 0.287 e. The molecule has 1 rings (SSSR count). The lowest BCUT2D eigenvalue weighted by molar-refractivity contribution is 0.0916. The van der Waals surface area contributed by atoms with E-state index in [-0.39, 0.29) is 18.4 Å². The molecule has 1 heterocycles. The molecule has 1 unspecified atom stereocenters. The summed E-state index contributed by atoms with van der Waals surface area (Å²) in [5.74, 6) is 1.25. The number of furan rings is 1. The van der Waals surface area contributed by atoms with E-state index in [1.54, 1.807) is 6.07 Å². The lowest BCUT2D eigenvalue weighted by atomic mass is 10.1. The van der Waals surface area contributed by atoms with Crippen LogP contribution in [0.3, 0.4) is 0 Å². The van der Waals surface area contributed by atoms with E-state index in [0.29, 0.717) is 18.7 Å². The summed E-state index contributed by atoms with van der Waals surface area (Å²) >= 11 is 0. The zero-order valence-electron chi connectivity index (χ0n) is 9.82. The zero-order chi connectivity index (χ0) is 12.0. The van der Waals surface area contributed by atoms with Crippen LogP contribution in [0.1, 0.15) is 36.6 Å². The van der Waals surface area contributed by atoms with Gasteiger partial charge in [0.1, 0.15) is 5.76 Å². The molecule has 4 heteroatoms. The van der Waals surface area contributed by atoms with E-state index < -0.39 is 0 Å². The second kappa shape index (κ2) is 6.33. The maximum atomic E-state index is 11.6. The van der Waals surface area contributed by atoms with Gasteiger partial charge in [0.2, 0.25) is 0 Å². The highest BCUT2D eigenvalue weighted by molar-refractivity contribution is 5.91. The number of rotatable bonds is 6. The Balaban J connectivity index is 2.40. The van der Waals surface area contributed by atoms with Crippen molar-refractivity contribution in [2.75, 3.05) is 13.2 Å². The summed E-state index contributed by atoms with van der Waals surface area (Å²) in [6, 6.07) is 3.50. The number of hydrogen-bond donors (Lipinski definition) is 2. The van der Waals surface area contributed by atoms with Gasteiger partial charge in [-0.3, -0.25) is 4.79 Å². The fourth-order valence-corrected chi connectivity index (χ4v) is 1.37. The smallest absolute Gasteiger partial charge is 0.287 e. The summed E-state index contributed by atoms with van der Waals surface area (Å²) in [6.07, 6.45) is 1.48. The Bertz CT molecular complexity index is 333. The van der Waals surface area contributed by atoms with E-state index in [0.717, 1.165) is 12.2 Å². The van der Waals surface area contributed by atoms with Crippen LogP contribution in [0, 0.1) is 5.92 Å². The third-order valence-electron chi connectivity index (χ3n) is 2.47. The van der Waals surface area contributed by atoms with Gasteiger partial charge in [-0.05, 0) is 24.5 Å². The van der Waals surface area contributed by atoms with Crippen molar-refractivity contribution >= 4 is 5.91 Å². The molecule has 0 aliphatic heterocycles. The van der Waals surface area contributed by atoms with Crippen LogP contribution in [0.15, 0.2) is 16.5 Å². The number of carbonyl (C=O) groups excluding carboxylic acids is 1. The lowest BCUT2D eigenvalue weighted by Gasteiger charge is -2.09. The molecule has 2 N–H and O–H groups in total. The second-order valence-electron chi connectivity index (χ2n) is 3.95. The Morgan fingerprint density at radius 2 is 2.31 bits per heavy atom. The Morgan fingerprint density at radius 3 is 2.88 bits per heavy atom. The summed E-state index contributed by atoms with van der Waals surface area (Å²) < 4.78 is 5.33. The predicted octanol–water partition coefficient (Wildman–Crippen LogP) is 1.59. The molecule has 1 aromatic rings. The van der Waals surface area contributed by atoms with Crippen molar-refractivity contribution in [2.45, 2.75) is 26.7 Å². The molecule has 0 aliphatic carbocycles. The summed E-state index contributed by atoms with van der Waals surface area (Å²) in [6.45, 7) is 4.67. The van der Waals surface area contributed by atoms with Gasteiger partial charge in [0, 0.05) is 19.6 Å². The van der Waals surface area contributed by atoms with Crippen molar-refractivity contribution in [1.82, 2.24) is 5.32 Å². The van der Waals surface area contributed by atoms with Crippen molar-refractivity contribution in [2.24, 2.45) is 5.92 Å². The topological polar surface area (TPSA) is 62.5 Å². The number of carbonyl (C=O) groups is 1. The van der Waals surface area contributed by atoms with E-state index in [2.05, 4.69) is 5.32 Å². The highest BCUT2D eigenvalue weighted by Gasteiger charge is 2.11. The molecule has 0 aromatic carbocycles. The van der Waals surface area contributed by atoms with Gasteiger partial charge in [0.15, 0.2) is 5.76 Å². The van der Waals surface area contributed by atoms with Crippen LogP contribution in [-0.2, 0) is 6.42 Å². The molecule has 16 heavy (non-hydrogen) atoms. The first-order valence-corrected chi connectivity index (χ1v) is 5.65. The maximum absolute atomic E-state index is 11.6. The number of hydrogen-bond acceptors (Lipinski definition) is 3. The van der Waals surface area contributed by atoms with Crippen molar-refractivity contribution in [1.29, 1.82) is 0 Å². The lowest BCUT2D eigenvalue weighted by Crippen LogP contribution is -2.28. The minimum Gasteiger partial charge on any atom is -0.456 e. The van der Waals surface area contributed by atoms with Crippen molar-refractivity contribution < 1.29 is 14.3 Å². The van der Waals surface area contributed by atoms with Gasteiger partial charge in [-0.25, -0.2) is 0 Å². The van der Waals surface area contributed by atoms with Crippen molar-refractivity contribution in [3.63, 3.8) is 0 Å². The van der Waals surface area contributed by atoms with Gasteiger partial charge in [0.05, 0.1) is 0 Å². The van der Waals surface area contributed by atoms with Crippen molar-refractivity contribution in [3.8, 4) is 0 Å². The zero-order valence-corrected chi connectivity index (χ0v) is 9.82. The fraction of sp³-hybridized carbons (Fsp3) is 0.583. The molecule has 1 amide bonds. The van der Waals surface area contributed by atoms with E-state index >= 15 is 0 Å². The molecule has 1 aromatic heterocycles. The van der Waals surface area contributed by atoms with Gasteiger partial charge >= 0.3 is 0 Å². The third kappa shape index (κ3) is 3.70. The Kier molecular flexibility index (Phi) is 5.05. The number of nitrogens with one attached hydrogen (secondary N) is 1. The van der Waals surface area contributed by atoms with E-state index in [9.17, 15) is 4.79 Å². The minimum absolute atomic E-state index is 0.151. The van der Waals surface area contributed by atoms with Gasteiger partial charge in [-0.2, -0.15) is 0 Å². The molecular formula is C12H19NO3. The Morgan fingerprint density at radius 1 is 1.56 bits per heavy atom. The summed E-state index contributed by atoms with van der Waals surface area (Å²) in [5, 5.41) is 11.5. The molecule has 0 saturated carbocycles. The normalized spacial score (nSPS) is 12.4. The average Bonchev–Trinajstić information content (AvgIpc) is 2.75. The Labute approximate surface area is 95.7 Å². The molecular weight excluding hydrogens is 206 g/mol. The second-order valence-corrected chi connectivity index (χ2v) is 3.95. The molecule has 0 saturated heterocycles. The molecule has 1 atom stereocenters. The first-order valence-electron chi connectivity index (χ1n) is 5.65. The largest absolute Gasteiger partial charge is 0.456 e. The molecule has 0 bridgehead atoms. The monoisotopic (exact) mass is 225 g/mol. The van der Waals surface area contributed by atoms with Crippen molar-refractivity contribution in [3.05, 3.63) is 23.7 Å². The highest BCUT2D eigenvalue weighted by atomic mass is 16.3. The molecule has 0 spiro atoms. The first kappa shape index (κ1) is 12.8. The number of aliphatic hydroxyl groups is 1. The van der Waals surface area contributed by atoms with Gasteiger partial charge in [-0.15, -0.1) is 0 Å². The quantitative estimate of drug-likeness (QED) is 0.772. The number of aliphatic hydroxyl groups excluding tert-OH is 1. The molecule has 90 valence electrons. The van der Waals surface area contributed by atoms with Gasteiger partial charge < -0.3 is 14.8 Å². The van der Waals surface area contributed by atoms with Gasteiger partial charge in [-0.1, -0.05) is 13.8 Å². The molecule has 0 radical (unpaired) electrons. The van der Waals surface area contributed by atoms with Crippen LogP contribution < -0.4 is 5.32 Å². The van der Waals surface area contributed by atoms with Crippen LogP contribution in [0.25, 0.3) is 0 Å². The van der Waals surface area contributed by atoms with Gasteiger partial charge in [0.25, 0.3) is 5.91 Å². The average molecular weight is 225 g/mol. The highest BCUT2D eigenvalue weighted by Crippen LogP contribution is 2.08. The Hall–Kier alpha value is -1.29. The van der Waals surface area contributed by atoms with Crippen LogP contribution >= 0.6 is 0 Å². The van der Waals surface area contributed by atoms with E-state index in [1.165, 1.54) is 0 Å². The third-order valence-corrected chi connectivity index (χ3v) is 2.47. The van der Waals surface area contributed by atoms with Crippen LogP contribution in [0.4, 0.5) is 0 Å². The predicted molar refractivity (Wildman–Crippen MR) is 61.3 cm³/mol. The van der Waals surface area contributed by atoms with E-state index in [4.69, 9.17) is 9.52 Å². The SMILES string of the molecule is CCc1ccc(C(=O)NCC(C)CCO)o1. The van der Waals surface area contributed by atoms with Crippen LogP contribution in [0.2, 0.25) is 0 Å². The standard InChI is InChI=1S/C12H19NO3/c1-3-10-4-5-11(16-10)12(15)13-8-9(2)6-7-14/h4-5,9,14H,3,6-8H2,1-2H3,(H,13,15). The van der Waals surface area contributed by atoms with E-state index in [1.807, 2.05) is 19.9 Å². The minimum atomic E-state index is -0.190. The van der Waals surface area contributed by atoms with Crippen LogP contribution in [-0.4, -0.2) is 24.2 Å². The van der Waals surface area contributed by atoms with Crippen LogP contribution in [0.5, 0.6) is 0 Å². The first-order chi connectivity index (χ1) is 7.67. The molecule has 0 fully saturated rings. The number of aryl methyl sites for hydroxylation is 1. The molecule has 0 aliphatic rings. The fourth-order valence-electron chi connectivity index (χ4n) is 1.37. The molecule has 4 nitrogen and oxygen atoms in total. The summed E-state index contributed by atoms with van der Waals surface area (Å²) in [7, 11) is 0. The summed E-state index contributed by atoms with van der Waals surface area (Å²) in [5.41, 5.74) is 0. The summed E-state index contributed by atoms with van der Waals surface area (Å²) in [4.78, 5) is 11.6.